The number of hydrogen-bond donors (Lipinski definition) is 1. The van der Waals surface area contributed by atoms with Crippen LogP contribution >= 0.6 is 0 Å². The zero-order valence-corrected chi connectivity index (χ0v) is 9.21. The largest absolute Gasteiger partial charge is 0.504 e. The van der Waals surface area contributed by atoms with Crippen molar-refractivity contribution in [2.24, 2.45) is 0 Å². The molecule has 0 spiro atoms. The molecule has 2 aromatic rings. The molecular weight excluding hydrogens is 206 g/mol. The molecule has 16 heavy (non-hydrogen) atoms. The molecule has 0 radical (unpaired) electrons. The van der Waals surface area contributed by atoms with Crippen molar-refractivity contribution in [3.63, 3.8) is 0 Å². The van der Waals surface area contributed by atoms with E-state index in [9.17, 15) is 5.11 Å². The van der Waals surface area contributed by atoms with E-state index in [1.54, 1.807) is 19.1 Å². The Bertz CT molecular complexity index is 474. The van der Waals surface area contributed by atoms with E-state index >= 15 is 0 Å². The number of ether oxygens (including phenoxy) is 1. The van der Waals surface area contributed by atoms with Crippen molar-refractivity contribution in [2.75, 3.05) is 6.61 Å². The number of aromatic nitrogens is 3. The number of aromatic hydroxyl groups is 1. The molecule has 0 unspecified atom stereocenters. The molecule has 0 saturated carbocycles. The molecule has 84 valence electrons. The van der Waals surface area contributed by atoms with Gasteiger partial charge in [-0.15, -0.1) is 0 Å². The van der Waals surface area contributed by atoms with Crippen LogP contribution in [0, 0.1) is 6.92 Å². The summed E-state index contributed by atoms with van der Waals surface area (Å²) >= 11 is 0. The normalized spacial score (nSPS) is 10.4. The van der Waals surface area contributed by atoms with Gasteiger partial charge in [-0.1, -0.05) is 6.07 Å². The SMILES string of the molecule is CCOc1cccc(-n2cc(O)c(C)n2)n1. The zero-order chi connectivity index (χ0) is 11.5. The van der Waals surface area contributed by atoms with E-state index in [4.69, 9.17) is 4.74 Å². The van der Waals surface area contributed by atoms with Gasteiger partial charge in [0.05, 0.1) is 12.8 Å². The Labute approximate surface area is 93.3 Å². The number of aryl methyl sites for hydroxylation is 1. The van der Waals surface area contributed by atoms with Crippen molar-refractivity contribution in [3.8, 4) is 17.4 Å². The van der Waals surface area contributed by atoms with Gasteiger partial charge in [0.25, 0.3) is 0 Å². The molecule has 0 aliphatic heterocycles. The maximum Gasteiger partial charge on any atom is 0.215 e. The van der Waals surface area contributed by atoms with Crippen LogP contribution in [-0.4, -0.2) is 26.5 Å². The monoisotopic (exact) mass is 219 g/mol. The molecule has 2 rings (SSSR count). The average molecular weight is 219 g/mol. The Balaban J connectivity index is 2.36. The fraction of sp³-hybridized carbons (Fsp3) is 0.273. The highest BCUT2D eigenvalue weighted by Crippen LogP contribution is 2.17. The molecule has 2 aromatic heterocycles. The first-order valence-corrected chi connectivity index (χ1v) is 5.06. The Kier molecular flexibility index (Phi) is 2.76. The number of pyridine rings is 1. The number of hydrogen-bond acceptors (Lipinski definition) is 4. The lowest BCUT2D eigenvalue weighted by atomic mass is 10.4. The van der Waals surface area contributed by atoms with Crippen LogP contribution < -0.4 is 4.74 Å². The molecule has 0 aliphatic carbocycles. The van der Waals surface area contributed by atoms with Crippen molar-refractivity contribution in [2.45, 2.75) is 13.8 Å². The van der Waals surface area contributed by atoms with Gasteiger partial charge >= 0.3 is 0 Å². The zero-order valence-electron chi connectivity index (χ0n) is 9.21. The van der Waals surface area contributed by atoms with Crippen molar-refractivity contribution >= 4 is 0 Å². The van der Waals surface area contributed by atoms with E-state index in [-0.39, 0.29) is 5.75 Å². The van der Waals surface area contributed by atoms with Crippen LogP contribution in [0.1, 0.15) is 12.6 Å². The molecule has 0 atom stereocenters. The summed E-state index contributed by atoms with van der Waals surface area (Å²) < 4.78 is 6.81. The Hall–Kier alpha value is -2.04. The van der Waals surface area contributed by atoms with Crippen LogP contribution in [0.5, 0.6) is 11.6 Å². The van der Waals surface area contributed by atoms with Gasteiger partial charge in [-0.2, -0.15) is 10.1 Å². The summed E-state index contributed by atoms with van der Waals surface area (Å²) in [6.07, 6.45) is 1.52. The van der Waals surface area contributed by atoms with Gasteiger partial charge in [-0.25, -0.2) is 4.68 Å². The summed E-state index contributed by atoms with van der Waals surface area (Å²) in [5.74, 6) is 1.32. The van der Waals surface area contributed by atoms with Crippen molar-refractivity contribution in [1.29, 1.82) is 0 Å². The Morgan fingerprint density at radius 3 is 2.88 bits per heavy atom. The minimum absolute atomic E-state index is 0.156. The molecular formula is C11H13N3O2. The van der Waals surface area contributed by atoms with Gasteiger partial charge < -0.3 is 9.84 Å². The first-order chi connectivity index (χ1) is 7.70. The highest BCUT2D eigenvalue weighted by atomic mass is 16.5. The van der Waals surface area contributed by atoms with E-state index in [1.807, 2.05) is 13.0 Å². The van der Waals surface area contributed by atoms with Crippen LogP contribution in [0.15, 0.2) is 24.4 Å². The standard InChI is InChI=1S/C11H13N3O2/c1-3-16-11-6-4-5-10(12-11)14-7-9(15)8(2)13-14/h4-7,15H,3H2,1-2H3. The molecule has 0 saturated heterocycles. The summed E-state index contributed by atoms with van der Waals surface area (Å²) in [7, 11) is 0. The number of nitrogens with zero attached hydrogens (tertiary/aromatic N) is 3. The molecule has 1 N–H and O–H groups in total. The minimum atomic E-state index is 0.156. The first kappa shape index (κ1) is 10.5. The van der Waals surface area contributed by atoms with Crippen LogP contribution in [0.25, 0.3) is 5.82 Å². The lowest BCUT2D eigenvalue weighted by Gasteiger charge is -2.04. The summed E-state index contributed by atoms with van der Waals surface area (Å²) in [4.78, 5) is 4.25. The molecule has 0 amide bonds. The third-order valence-corrected chi connectivity index (χ3v) is 2.11. The Morgan fingerprint density at radius 2 is 2.25 bits per heavy atom. The predicted octanol–water partition coefficient (Wildman–Crippen LogP) is 1.68. The van der Waals surface area contributed by atoms with Crippen molar-refractivity contribution in [1.82, 2.24) is 14.8 Å². The third-order valence-electron chi connectivity index (χ3n) is 2.11. The fourth-order valence-electron chi connectivity index (χ4n) is 1.33. The summed E-state index contributed by atoms with van der Waals surface area (Å²) in [6, 6.07) is 5.42. The second-order valence-electron chi connectivity index (χ2n) is 3.31. The van der Waals surface area contributed by atoms with E-state index in [2.05, 4.69) is 10.1 Å². The molecule has 0 aromatic carbocycles. The second kappa shape index (κ2) is 4.22. The molecule has 0 bridgehead atoms. The van der Waals surface area contributed by atoms with Crippen molar-refractivity contribution < 1.29 is 9.84 Å². The fourth-order valence-corrected chi connectivity index (χ4v) is 1.33. The van der Waals surface area contributed by atoms with Crippen LogP contribution in [0.3, 0.4) is 0 Å². The second-order valence-corrected chi connectivity index (χ2v) is 3.31. The topological polar surface area (TPSA) is 60.2 Å². The van der Waals surface area contributed by atoms with Gasteiger partial charge in [0.1, 0.15) is 5.69 Å². The lowest BCUT2D eigenvalue weighted by Crippen LogP contribution is -2.01. The average Bonchev–Trinajstić information content (AvgIpc) is 2.60. The maximum absolute atomic E-state index is 9.43. The number of rotatable bonds is 3. The Morgan fingerprint density at radius 1 is 1.44 bits per heavy atom. The molecule has 5 heteroatoms. The van der Waals surface area contributed by atoms with E-state index in [0.29, 0.717) is 24.0 Å². The van der Waals surface area contributed by atoms with Gasteiger partial charge in [0.15, 0.2) is 11.6 Å². The highest BCUT2D eigenvalue weighted by Gasteiger charge is 2.06. The van der Waals surface area contributed by atoms with Crippen LogP contribution in [-0.2, 0) is 0 Å². The van der Waals surface area contributed by atoms with Crippen LogP contribution in [0.4, 0.5) is 0 Å². The van der Waals surface area contributed by atoms with Gasteiger partial charge in [0, 0.05) is 6.07 Å². The van der Waals surface area contributed by atoms with Crippen LogP contribution in [0.2, 0.25) is 0 Å². The highest BCUT2D eigenvalue weighted by molar-refractivity contribution is 5.31. The minimum Gasteiger partial charge on any atom is -0.504 e. The first-order valence-electron chi connectivity index (χ1n) is 5.06. The van der Waals surface area contributed by atoms with Gasteiger partial charge in [-0.3, -0.25) is 0 Å². The molecule has 0 aliphatic rings. The summed E-state index contributed by atoms with van der Waals surface area (Å²) in [6.45, 7) is 4.20. The predicted molar refractivity (Wildman–Crippen MR) is 58.9 cm³/mol. The molecule has 5 nitrogen and oxygen atoms in total. The van der Waals surface area contributed by atoms with Crippen molar-refractivity contribution in [3.05, 3.63) is 30.1 Å². The van der Waals surface area contributed by atoms with E-state index in [0.717, 1.165) is 0 Å². The maximum atomic E-state index is 9.43. The quantitative estimate of drug-likeness (QED) is 0.853. The van der Waals surface area contributed by atoms with E-state index in [1.165, 1.54) is 10.9 Å². The van der Waals surface area contributed by atoms with Gasteiger partial charge in [-0.05, 0) is 19.9 Å². The smallest absolute Gasteiger partial charge is 0.215 e. The lowest BCUT2D eigenvalue weighted by molar-refractivity contribution is 0.326. The summed E-state index contributed by atoms with van der Waals surface area (Å²) in [5.41, 5.74) is 0.573. The summed E-state index contributed by atoms with van der Waals surface area (Å²) in [5, 5.41) is 13.6. The molecule has 0 fully saturated rings. The van der Waals surface area contributed by atoms with Gasteiger partial charge in [0.2, 0.25) is 5.88 Å². The van der Waals surface area contributed by atoms with E-state index < -0.39 is 0 Å². The molecule has 2 heterocycles. The third kappa shape index (κ3) is 1.98.